The van der Waals surface area contributed by atoms with Crippen molar-refractivity contribution in [2.45, 2.75) is 19.9 Å². The highest BCUT2D eigenvalue weighted by Crippen LogP contribution is 2.30. The number of benzene rings is 2. The van der Waals surface area contributed by atoms with Gasteiger partial charge in [0, 0.05) is 24.7 Å². The van der Waals surface area contributed by atoms with Gasteiger partial charge >= 0.3 is 0 Å². The van der Waals surface area contributed by atoms with Gasteiger partial charge in [0.15, 0.2) is 11.5 Å². The molecule has 0 atom stereocenters. The molecule has 2 aromatic carbocycles. The SMILES string of the molecule is Cc1ccc(NCc2ccc3c(c2)OCCCO3)cc1O. The molecule has 1 aliphatic heterocycles. The van der Waals surface area contributed by atoms with Gasteiger partial charge in [0.25, 0.3) is 0 Å². The fourth-order valence-corrected chi connectivity index (χ4v) is 2.24. The normalized spacial score (nSPS) is 13.6. The highest BCUT2D eigenvalue weighted by atomic mass is 16.5. The maximum atomic E-state index is 9.71. The van der Waals surface area contributed by atoms with E-state index < -0.39 is 0 Å². The summed E-state index contributed by atoms with van der Waals surface area (Å²) < 4.78 is 11.3. The van der Waals surface area contributed by atoms with Gasteiger partial charge < -0.3 is 19.9 Å². The molecule has 1 aliphatic rings. The third-order valence-electron chi connectivity index (χ3n) is 3.52. The molecule has 0 spiro atoms. The molecule has 0 unspecified atom stereocenters. The van der Waals surface area contributed by atoms with Gasteiger partial charge in [-0.05, 0) is 36.2 Å². The molecule has 110 valence electrons. The molecule has 2 N–H and O–H groups in total. The van der Waals surface area contributed by atoms with Crippen LogP contribution in [0, 0.1) is 6.92 Å². The van der Waals surface area contributed by atoms with E-state index in [4.69, 9.17) is 9.47 Å². The van der Waals surface area contributed by atoms with Crippen molar-refractivity contribution >= 4 is 5.69 Å². The molecule has 3 rings (SSSR count). The number of fused-ring (bicyclic) bond motifs is 1. The van der Waals surface area contributed by atoms with Gasteiger partial charge in [-0.25, -0.2) is 0 Å². The van der Waals surface area contributed by atoms with Crippen molar-refractivity contribution in [1.29, 1.82) is 0 Å². The summed E-state index contributed by atoms with van der Waals surface area (Å²) in [5.41, 5.74) is 2.88. The van der Waals surface area contributed by atoms with Crippen molar-refractivity contribution in [1.82, 2.24) is 0 Å². The molecule has 0 fully saturated rings. The van der Waals surface area contributed by atoms with Crippen LogP contribution >= 0.6 is 0 Å². The number of phenols is 1. The van der Waals surface area contributed by atoms with Crippen molar-refractivity contribution in [2.24, 2.45) is 0 Å². The molecule has 0 amide bonds. The van der Waals surface area contributed by atoms with Crippen molar-refractivity contribution in [2.75, 3.05) is 18.5 Å². The lowest BCUT2D eigenvalue weighted by Crippen LogP contribution is -2.00. The van der Waals surface area contributed by atoms with Crippen LogP contribution in [0.15, 0.2) is 36.4 Å². The third-order valence-corrected chi connectivity index (χ3v) is 3.52. The average molecular weight is 285 g/mol. The number of phenolic OH excluding ortho intramolecular Hbond substituents is 1. The predicted octanol–water partition coefficient (Wildman–Crippen LogP) is 3.47. The van der Waals surface area contributed by atoms with Crippen molar-refractivity contribution < 1.29 is 14.6 Å². The zero-order valence-electron chi connectivity index (χ0n) is 12.1. The largest absolute Gasteiger partial charge is 0.508 e. The van der Waals surface area contributed by atoms with E-state index in [9.17, 15) is 5.11 Å². The summed E-state index contributed by atoms with van der Waals surface area (Å²) in [7, 11) is 0. The summed E-state index contributed by atoms with van der Waals surface area (Å²) in [4.78, 5) is 0. The van der Waals surface area contributed by atoms with Crippen LogP contribution in [0.25, 0.3) is 0 Å². The van der Waals surface area contributed by atoms with Crippen LogP contribution in [0.5, 0.6) is 17.2 Å². The van der Waals surface area contributed by atoms with Gasteiger partial charge in [-0.15, -0.1) is 0 Å². The van der Waals surface area contributed by atoms with E-state index in [2.05, 4.69) is 5.32 Å². The lowest BCUT2D eigenvalue weighted by molar-refractivity contribution is 0.297. The Kier molecular flexibility index (Phi) is 3.86. The second-order valence-corrected chi connectivity index (χ2v) is 5.19. The van der Waals surface area contributed by atoms with Crippen LogP contribution in [0.3, 0.4) is 0 Å². The van der Waals surface area contributed by atoms with E-state index in [1.165, 1.54) is 0 Å². The molecule has 0 aromatic heterocycles. The molecule has 21 heavy (non-hydrogen) atoms. The predicted molar refractivity (Wildman–Crippen MR) is 82.2 cm³/mol. The number of aromatic hydroxyl groups is 1. The summed E-state index contributed by atoms with van der Waals surface area (Å²) in [5.74, 6) is 1.92. The van der Waals surface area contributed by atoms with Crippen molar-refractivity contribution in [3.8, 4) is 17.2 Å². The highest BCUT2D eigenvalue weighted by Gasteiger charge is 2.10. The topological polar surface area (TPSA) is 50.7 Å². The summed E-state index contributed by atoms with van der Waals surface area (Å²) in [6.07, 6.45) is 0.908. The standard InChI is InChI=1S/C17H19NO3/c1-12-3-5-14(10-15(12)19)18-11-13-4-6-16-17(9-13)21-8-2-7-20-16/h3-6,9-10,18-19H,2,7-8,11H2,1H3. The second kappa shape index (κ2) is 5.95. The Hall–Kier alpha value is -2.36. The minimum atomic E-state index is 0.304. The first-order valence-corrected chi connectivity index (χ1v) is 7.14. The zero-order valence-corrected chi connectivity index (χ0v) is 12.1. The molecule has 4 nitrogen and oxygen atoms in total. The number of aryl methyl sites for hydroxylation is 1. The maximum Gasteiger partial charge on any atom is 0.161 e. The molecular weight excluding hydrogens is 266 g/mol. The van der Waals surface area contributed by atoms with E-state index >= 15 is 0 Å². The summed E-state index contributed by atoms with van der Waals surface area (Å²) in [6.45, 7) is 3.94. The molecule has 4 heteroatoms. The summed E-state index contributed by atoms with van der Waals surface area (Å²) in [6, 6.07) is 11.6. The van der Waals surface area contributed by atoms with E-state index in [0.29, 0.717) is 25.5 Å². The highest BCUT2D eigenvalue weighted by molar-refractivity contribution is 5.52. The lowest BCUT2D eigenvalue weighted by Gasteiger charge is -2.11. The molecule has 2 aromatic rings. The van der Waals surface area contributed by atoms with Crippen LogP contribution in [-0.4, -0.2) is 18.3 Å². The Morgan fingerprint density at radius 3 is 2.67 bits per heavy atom. The number of anilines is 1. The Balaban J connectivity index is 1.70. The number of hydrogen-bond acceptors (Lipinski definition) is 4. The summed E-state index contributed by atoms with van der Waals surface area (Å²) in [5, 5.41) is 13.0. The molecule has 0 aliphatic carbocycles. The van der Waals surface area contributed by atoms with Gasteiger partial charge in [0.2, 0.25) is 0 Å². The lowest BCUT2D eigenvalue weighted by atomic mass is 10.1. The third kappa shape index (κ3) is 3.21. The Morgan fingerprint density at radius 2 is 1.86 bits per heavy atom. The number of hydrogen-bond donors (Lipinski definition) is 2. The number of rotatable bonds is 3. The Bertz CT molecular complexity index is 640. The van der Waals surface area contributed by atoms with E-state index in [1.54, 1.807) is 6.07 Å². The van der Waals surface area contributed by atoms with Crippen LogP contribution in [0.1, 0.15) is 17.5 Å². The smallest absolute Gasteiger partial charge is 0.161 e. The quantitative estimate of drug-likeness (QED) is 0.906. The van der Waals surface area contributed by atoms with Crippen molar-refractivity contribution in [3.63, 3.8) is 0 Å². The molecule has 0 saturated heterocycles. The minimum Gasteiger partial charge on any atom is -0.508 e. The summed E-state index contributed by atoms with van der Waals surface area (Å²) >= 11 is 0. The first kappa shape index (κ1) is 13.6. The van der Waals surface area contributed by atoms with E-state index in [0.717, 1.165) is 34.7 Å². The molecule has 0 radical (unpaired) electrons. The van der Waals surface area contributed by atoms with Gasteiger partial charge in [0.05, 0.1) is 13.2 Å². The van der Waals surface area contributed by atoms with Crippen LogP contribution < -0.4 is 14.8 Å². The molecule has 1 heterocycles. The van der Waals surface area contributed by atoms with Crippen LogP contribution in [0.2, 0.25) is 0 Å². The van der Waals surface area contributed by atoms with E-state index in [1.807, 2.05) is 37.3 Å². The second-order valence-electron chi connectivity index (χ2n) is 5.19. The van der Waals surface area contributed by atoms with Crippen molar-refractivity contribution in [3.05, 3.63) is 47.5 Å². The zero-order chi connectivity index (χ0) is 14.7. The van der Waals surface area contributed by atoms with Crippen LogP contribution in [-0.2, 0) is 6.54 Å². The van der Waals surface area contributed by atoms with Crippen LogP contribution in [0.4, 0.5) is 5.69 Å². The number of nitrogens with one attached hydrogen (secondary N) is 1. The number of ether oxygens (including phenoxy) is 2. The fourth-order valence-electron chi connectivity index (χ4n) is 2.24. The molecule has 0 bridgehead atoms. The first-order valence-electron chi connectivity index (χ1n) is 7.14. The van der Waals surface area contributed by atoms with Gasteiger partial charge in [-0.1, -0.05) is 12.1 Å². The van der Waals surface area contributed by atoms with Gasteiger partial charge in [-0.2, -0.15) is 0 Å². The molecular formula is C17H19NO3. The average Bonchev–Trinajstić information content (AvgIpc) is 2.73. The first-order chi connectivity index (χ1) is 10.2. The maximum absolute atomic E-state index is 9.71. The molecule has 0 saturated carbocycles. The Labute approximate surface area is 124 Å². The van der Waals surface area contributed by atoms with Gasteiger partial charge in [0.1, 0.15) is 5.75 Å². The van der Waals surface area contributed by atoms with E-state index in [-0.39, 0.29) is 0 Å². The monoisotopic (exact) mass is 285 g/mol. The Morgan fingerprint density at radius 1 is 1.05 bits per heavy atom. The minimum absolute atomic E-state index is 0.304. The fraction of sp³-hybridized carbons (Fsp3) is 0.294. The van der Waals surface area contributed by atoms with Gasteiger partial charge in [-0.3, -0.25) is 0 Å².